The van der Waals surface area contributed by atoms with Gasteiger partial charge in [0.2, 0.25) is 0 Å². The lowest BCUT2D eigenvalue weighted by molar-refractivity contribution is 0.0601. The Hall–Kier alpha value is -1.02. The Bertz CT molecular complexity index is 304. The second-order valence-electron chi connectivity index (χ2n) is 3.17. The summed E-state index contributed by atoms with van der Waals surface area (Å²) in [6.45, 7) is 1.94. The summed E-state index contributed by atoms with van der Waals surface area (Å²) in [4.78, 5) is 11.1. The number of benzene rings is 1. The number of methoxy groups -OCH3 is 1. The highest BCUT2D eigenvalue weighted by atomic mass is 35.5. The lowest BCUT2D eigenvalue weighted by Gasteiger charge is -2.04. The van der Waals surface area contributed by atoms with Crippen LogP contribution in [-0.4, -0.2) is 18.5 Å². The largest absolute Gasteiger partial charge is 0.465 e. The summed E-state index contributed by atoms with van der Waals surface area (Å²) in [5.74, 6) is -0.310. The molecule has 0 N–H and O–H groups in total. The fourth-order valence-corrected chi connectivity index (χ4v) is 1.40. The van der Waals surface area contributed by atoms with E-state index in [1.807, 2.05) is 19.1 Å². The van der Waals surface area contributed by atoms with Gasteiger partial charge in [-0.25, -0.2) is 4.79 Å². The fraction of sp³-hybridized carbons (Fsp3) is 0.364. The van der Waals surface area contributed by atoms with Crippen molar-refractivity contribution >= 4 is 17.6 Å². The van der Waals surface area contributed by atoms with Crippen molar-refractivity contribution in [1.82, 2.24) is 0 Å². The minimum absolute atomic E-state index is 0.110. The van der Waals surface area contributed by atoms with Crippen molar-refractivity contribution in [3.05, 3.63) is 35.4 Å². The number of rotatable bonds is 3. The first kappa shape index (κ1) is 11.1. The minimum Gasteiger partial charge on any atom is -0.465 e. The normalized spacial score (nSPS) is 12.2. The molecule has 76 valence electrons. The van der Waals surface area contributed by atoms with Gasteiger partial charge in [-0.1, -0.05) is 12.1 Å². The van der Waals surface area contributed by atoms with Gasteiger partial charge < -0.3 is 4.74 Å². The zero-order valence-electron chi connectivity index (χ0n) is 8.29. The average molecular weight is 213 g/mol. The van der Waals surface area contributed by atoms with Crippen molar-refractivity contribution in [2.45, 2.75) is 18.7 Å². The molecule has 0 aromatic heterocycles. The zero-order chi connectivity index (χ0) is 10.6. The second-order valence-corrected chi connectivity index (χ2v) is 3.92. The van der Waals surface area contributed by atoms with Crippen LogP contribution in [0.3, 0.4) is 0 Å². The molecule has 0 spiro atoms. The highest BCUT2D eigenvalue weighted by Gasteiger charge is 2.05. The molecule has 2 nitrogen and oxygen atoms in total. The lowest BCUT2D eigenvalue weighted by atomic mass is 10.1. The maximum Gasteiger partial charge on any atom is 0.337 e. The van der Waals surface area contributed by atoms with Crippen LogP contribution < -0.4 is 0 Å². The van der Waals surface area contributed by atoms with Crippen LogP contribution in [-0.2, 0) is 11.2 Å². The molecule has 0 aliphatic carbocycles. The Morgan fingerprint density at radius 1 is 1.43 bits per heavy atom. The summed E-state index contributed by atoms with van der Waals surface area (Å²) >= 11 is 5.85. The van der Waals surface area contributed by atoms with Crippen LogP contribution in [0.4, 0.5) is 0 Å². The fourth-order valence-electron chi connectivity index (χ4n) is 1.22. The number of carbonyl (C=O) groups is 1. The number of halogens is 1. The molecule has 0 heterocycles. The number of hydrogen-bond donors (Lipinski definition) is 0. The van der Waals surface area contributed by atoms with Gasteiger partial charge in [-0.05, 0) is 31.0 Å². The topological polar surface area (TPSA) is 26.3 Å². The number of ether oxygens (including phenoxy) is 1. The quantitative estimate of drug-likeness (QED) is 0.569. The van der Waals surface area contributed by atoms with Gasteiger partial charge in [-0.2, -0.15) is 0 Å². The van der Waals surface area contributed by atoms with E-state index in [1.165, 1.54) is 7.11 Å². The third-order valence-corrected chi connectivity index (χ3v) is 2.05. The first-order valence-corrected chi connectivity index (χ1v) is 4.88. The monoisotopic (exact) mass is 212 g/mol. The van der Waals surface area contributed by atoms with Gasteiger partial charge in [0.1, 0.15) is 0 Å². The number of alkyl halides is 1. The molecule has 1 aromatic rings. The van der Waals surface area contributed by atoms with Crippen molar-refractivity contribution in [2.24, 2.45) is 0 Å². The van der Waals surface area contributed by atoms with Crippen molar-refractivity contribution in [3.63, 3.8) is 0 Å². The van der Waals surface area contributed by atoms with Crippen LogP contribution >= 0.6 is 11.6 Å². The molecular weight excluding hydrogens is 200 g/mol. The molecule has 0 saturated heterocycles. The lowest BCUT2D eigenvalue weighted by Crippen LogP contribution is -2.02. The molecule has 3 heteroatoms. The van der Waals surface area contributed by atoms with E-state index in [0.717, 1.165) is 12.0 Å². The van der Waals surface area contributed by atoms with E-state index in [4.69, 9.17) is 11.6 Å². The molecule has 0 bridgehead atoms. The van der Waals surface area contributed by atoms with Crippen LogP contribution in [0.1, 0.15) is 22.8 Å². The molecular formula is C11H13ClO2. The van der Waals surface area contributed by atoms with E-state index in [0.29, 0.717) is 5.56 Å². The molecule has 1 unspecified atom stereocenters. The van der Waals surface area contributed by atoms with Gasteiger partial charge in [0.05, 0.1) is 12.7 Å². The average Bonchev–Trinajstić information content (AvgIpc) is 2.17. The molecule has 0 aliphatic rings. The first-order chi connectivity index (χ1) is 6.63. The predicted octanol–water partition coefficient (Wildman–Crippen LogP) is 2.64. The van der Waals surface area contributed by atoms with Crippen molar-refractivity contribution < 1.29 is 9.53 Å². The van der Waals surface area contributed by atoms with Crippen LogP contribution in [0.25, 0.3) is 0 Å². The molecule has 0 fully saturated rings. The molecule has 1 rings (SSSR count). The van der Waals surface area contributed by atoms with Crippen molar-refractivity contribution in [3.8, 4) is 0 Å². The van der Waals surface area contributed by atoms with E-state index >= 15 is 0 Å². The van der Waals surface area contributed by atoms with Crippen molar-refractivity contribution in [2.75, 3.05) is 7.11 Å². The Kier molecular flexibility index (Phi) is 3.96. The van der Waals surface area contributed by atoms with E-state index in [2.05, 4.69) is 4.74 Å². The van der Waals surface area contributed by atoms with Crippen LogP contribution in [0.5, 0.6) is 0 Å². The standard InChI is InChI=1S/C11H13ClO2/c1-8(12)7-9-3-5-10(6-4-9)11(13)14-2/h3-6,8H,7H2,1-2H3. The smallest absolute Gasteiger partial charge is 0.337 e. The van der Waals surface area contributed by atoms with Crippen LogP contribution in [0, 0.1) is 0 Å². The zero-order valence-corrected chi connectivity index (χ0v) is 9.04. The molecule has 0 aliphatic heterocycles. The van der Waals surface area contributed by atoms with Crippen LogP contribution in [0.15, 0.2) is 24.3 Å². The Morgan fingerprint density at radius 2 is 2.00 bits per heavy atom. The van der Waals surface area contributed by atoms with Crippen molar-refractivity contribution in [1.29, 1.82) is 0 Å². The molecule has 1 atom stereocenters. The number of hydrogen-bond acceptors (Lipinski definition) is 2. The maximum atomic E-state index is 11.1. The van der Waals surface area contributed by atoms with Gasteiger partial charge in [0.15, 0.2) is 0 Å². The highest BCUT2D eigenvalue weighted by molar-refractivity contribution is 6.20. The van der Waals surface area contributed by atoms with E-state index < -0.39 is 0 Å². The Balaban J connectivity index is 2.73. The summed E-state index contributed by atoms with van der Waals surface area (Å²) in [5, 5.41) is 0.110. The summed E-state index contributed by atoms with van der Waals surface area (Å²) in [6.07, 6.45) is 0.809. The molecule has 1 aromatic carbocycles. The van der Waals surface area contributed by atoms with Gasteiger partial charge in [-0.15, -0.1) is 11.6 Å². The predicted molar refractivity (Wildman–Crippen MR) is 56.8 cm³/mol. The van der Waals surface area contributed by atoms with E-state index in [9.17, 15) is 4.79 Å². The number of carbonyl (C=O) groups excluding carboxylic acids is 1. The Labute approximate surface area is 88.8 Å². The second kappa shape index (κ2) is 5.01. The highest BCUT2D eigenvalue weighted by Crippen LogP contribution is 2.10. The summed E-state index contributed by atoms with van der Waals surface area (Å²) in [5.41, 5.74) is 1.69. The minimum atomic E-state index is -0.310. The van der Waals surface area contributed by atoms with Crippen LogP contribution in [0.2, 0.25) is 0 Å². The summed E-state index contributed by atoms with van der Waals surface area (Å²) in [6, 6.07) is 7.29. The third kappa shape index (κ3) is 3.04. The van der Waals surface area contributed by atoms with Gasteiger partial charge in [0, 0.05) is 5.38 Å². The summed E-state index contributed by atoms with van der Waals surface area (Å²) in [7, 11) is 1.37. The maximum absolute atomic E-state index is 11.1. The van der Waals surface area contributed by atoms with E-state index in [-0.39, 0.29) is 11.3 Å². The molecule has 0 saturated carbocycles. The van der Waals surface area contributed by atoms with Gasteiger partial charge >= 0.3 is 5.97 Å². The Morgan fingerprint density at radius 3 is 2.43 bits per heavy atom. The third-order valence-electron chi connectivity index (χ3n) is 1.89. The SMILES string of the molecule is COC(=O)c1ccc(CC(C)Cl)cc1. The molecule has 0 amide bonds. The van der Waals surface area contributed by atoms with Gasteiger partial charge in [-0.3, -0.25) is 0 Å². The summed E-state index contributed by atoms with van der Waals surface area (Å²) < 4.78 is 4.59. The number of esters is 1. The van der Waals surface area contributed by atoms with E-state index in [1.54, 1.807) is 12.1 Å². The van der Waals surface area contributed by atoms with Gasteiger partial charge in [0.25, 0.3) is 0 Å². The first-order valence-electron chi connectivity index (χ1n) is 4.45. The molecule has 14 heavy (non-hydrogen) atoms. The molecule has 0 radical (unpaired) electrons.